The third-order valence-corrected chi connectivity index (χ3v) is 1.30. The summed E-state index contributed by atoms with van der Waals surface area (Å²) in [6.45, 7) is 3.97. The van der Waals surface area contributed by atoms with Crippen LogP contribution < -0.4 is 10.8 Å². The minimum absolute atomic E-state index is 0.297. The van der Waals surface area contributed by atoms with Gasteiger partial charge in [-0.3, -0.25) is 15.3 Å². The summed E-state index contributed by atoms with van der Waals surface area (Å²) in [5.41, 5.74) is 1.31. The number of urea groups is 1. The van der Waals surface area contributed by atoms with Gasteiger partial charge < -0.3 is 0 Å². The molecule has 3 N–H and O–H groups in total. The van der Waals surface area contributed by atoms with Gasteiger partial charge in [0.25, 0.3) is 0 Å². The van der Waals surface area contributed by atoms with Crippen LogP contribution in [-0.2, 0) is 4.79 Å². The molecule has 0 atom stereocenters. The molecule has 0 saturated carbocycles. The fraction of sp³-hybridized carbons (Fsp3) is 0.714. The zero-order valence-corrected chi connectivity index (χ0v) is 7.26. The first-order valence-electron chi connectivity index (χ1n) is 3.80. The Morgan fingerprint density at radius 1 is 1.42 bits per heavy atom. The highest BCUT2D eigenvalue weighted by Crippen LogP contribution is 2.02. The lowest BCUT2D eigenvalue weighted by Gasteiger charge is -2.04. The van der Waals surface area contributed by atoms with Crippen LogP contribution in [-0.4, -0.2) is 17.1 Å². The van der Waals surface area contributed by atoms with Crippen molar-refractivity contribution < 1.29 is 14.8 Å². The van der Waals surface area contributed by atoms with Crippen LogP contribution in [0.4, 0.5) is 4.79 Å². The first-order chi connectivity index (χ1) is 5.56. The average Bonchev–Trinajstić information content (AvgIpc) is 2.00. The number of nitrogens with one attached hydrogen (secondary N) is 2. The number of hydrogen-bond donors (Lipinski definition) is 3. The van der Waals surface area contributed by atoms with Crippen molar-refractivity contribution in [3.05, 3.63) is 0 Å². The molecule has 0 aliphatic carbocycles. The second kappa shape index (κ2) is 5.54. The van der Waals surface area contributed by atoms with E-state index in [2.05, 4.69) is 0 Å². The summed E-state index contributed by atoms with van der Waals surface area (Å²) >= 11 is 0. The van der Waals surface area contributed by atoms with Crippen LogP contribution in [0, 0.1) is 5.92 Å². The van der Waals surface area contributed by atoms with Crippen LogP contribution in [0.3, 0.4) is 0 Å². The molecular weight excluding hydrogens is 160 g/mol. The summed E-state index contributed by atoms with van der Waals surface area (Å²) in [5, 5.41) is 9.99. The van der Waals surface area contributed by atoms with Gasteiger partial charge in [-0.25, -0.2) is 10.3 Å². The Hall–Kier alpha value is -1.10. The van der Waals surface area contributed by atoms with Crippen molar-refractivity contribution >= 4 is 11.9 Å². The molecule has 0 bridgehead atoms. The van der Waals surface area contributed by atoms with E-state index in [0.717, 1.165) is 6.42 Å². The highest BCUT2D eigenvalue weighted by atomic mass is 16.5. The molecule has 5 nitrogen and oxygen atoms in total. The van der Waals surface area contributed by atoms with Gasteiger partial charge in [-0.15, -0.1) is 0 Å². The van der Waals surface area contributed by atoms with Crippen molar-refractivity contribution in [2.75, 3.05) is 0 Å². The number of carbonyl (C=O) groups excluding carboxylic acids is 2. The molecule has 0 aliphatic heterocycles. The van der Waals surface area contributed by atoms with Gasteiger partial charge in [0.15, 0.2) is 0 Å². The monoisotopic (exact) mass is 174 g/mol. The van der Waals surface area contributed by atoms with Crippen LogP contribution in [0.15, 0.2) is 0 Å². The first kappa shape index (κ1) is 10.9. The molecule has 3 amide bonds. The van der Waals surface area contributed by atoms with Crippen molar-refractivity contribution in [2.24, 2.45) is 5.92 Å². The lowest BCUT2D eigenvalue weighted by Crippen LogP contribution is -2.37. The number of hydrogen-bond acceptors (Lipinski definition) is 3. The van der Waals surface area contributed by atoms with Crippen LogP contribution in [0.2, 0.25) is 0 Å². The summed E-state index contributed by atoms with van der Waals surface area (Å²) in [7, 11) is 0. The fourth-order valence-electron chi connectivity index (χ4n) is 0.637. The SMILES string of the molecule is CC(C)CCC(=O)NC(=O)NO. The van der Waals surface area contributed by atoms with Gasteiger partial charge in [-0.1, -0.05) is 13.8 Å². The van der Waals surface area contributed by atoms with Crippen LogP contribution in [0.25, 0.3) is 0 Å². The molecule has 0 fully saturated rings. The van der Waals surface area contributed by atoms with Crippen LogP contribution in [0.5, 0.6) is 0 Å². The van der Waals surface area contributed by atoms with E-state index in [9.17, 15) is 9.59 Å². The molecule has 12 heavy (non-hydrogen) atoms. The minimum Gasteiger partial charge on any atom is -0.287 e. The maximum absolute atomic E-state index is 10.8. The topological polar surface area (TPSA) is 78.4 Å². The van der Waals surface area contributed by atoms with Gasteiger partial charge in [-0.05, 0) is 12.3 Å². The predicted molar refractivity (Wildman–Crippen MR) is 42.5 cm³/mol. The maximum Gasteiger partial charge on any atom is 0.345 e. The summed E-state index contributed by atoms with van der Waals surface area (Å²) in [6, 6.07) is -0.885. The van der Waals surface area contributed by atoms with Gasteiger partial charge in [-0.2, -0.15) is 0 Å². The third-order valence-electron chi connectivity index (χ3n) is 1.30. The fourth-order valence-corrected chi connectivity index (χ4v) is 0.637. The molecule has 0 aliphatic rings. The molecule has 0 spiro atoms. The highest BCUT2D eigenvalue weighted by molar-refractivity contribution is 5.93. The number of hydroxylamine groups is 1. The Morgan fingerprint density at radius 2 is 2.00 bits per heavy atom. The molecule has 0 aromatic carbocycles. The molecule has 5 heteroatoms. The number of amides is 3. The summed E-state index contributed by atoms with van der Waals surface area (Å²) < 4.78 is 0. The van der Waals surface area contributed by atoms with Crippen molar-refractivity contribution in [1.82, 2.24) is 10.8 Å². The molecule has 0 rings (SSSR count). The van der Waals surface area contributed by atoms with E-state index in [0.29, 0.717) is 12.3 Å². The second-order valence-electron chi connectivity index (χ2n) is 2.92. The number of imide groups is 1. The lowest BCUT2D eigenvalue weighted by molar-refractivity contribution is -0.120. The largest absolute Gasteiger partial charge is 0.345 e. The zero-order valence-electron chi connectivity index (χ0n) is 7.26. The Kier molecular flexibility index (Phi) is 5.03. The normalized spacial score (nSPS) is 9.67. The molecule has 0 aromatic rings. The quantitative estimate of drug-likeness (QED) is 0.434. The predicted octanol–water partition coefficient (Wildman–Crippen LogP) is 0.638. The first-order valence-corrected chi connectivity index (χ1v) is 3.80. The standard InChI is InChI=1S/C7H14N2O3/c1-5(2)3-4-6(10)8-7(11)9-12/h5,12H,3-4H2,1-2H3,(H2,8,9,10,11). The molecule has 0 radical (unpaired) electrons. The van der Waals surface area contributed by atoms with Crippen molar-refractivity contribution in [1.29, 1.82) is 0 Å². The van der Waals surface area contributed by atoms with E-state index in [-0.39, 0.29) is 5.91 Å². The zero-order chi connectivity index (χ0) is 9.56. The average molecular weight is 174 g/mol. The number of carbonyl (C=O) groups is 2. The summed E-state index contributed by atoms with van der Waals surface area (Å²) in [5.74, 6) is 0.0446. The van der Waals surface area contributed by atoms with E-state index in [1.54, 1.807) is 0 Å². The van der Waals surface area contributed by atoms with Gasteiger partial charge >= 0.3 is 6.03 Å². The van der Waals surface area contributed by atoms with Crippen molar-refractivity contribution in [2.45, 2.75) is 26.7 Å². The lowest BCUT2D eigenvalue weighted by atomic mass is 10.1. The Balaban J connectivity index is 3.53. The van der Waals surface area contributed by atoms with E-state index in [4.69, 9.17) is 5.21 Å². The Morgan fingerprint density at radius 3 is 2.42 bits per heavy atom. The van der Waals surface area contributed by atoms with Gasteiger partial charge in [0.05, 0.1) is 0 Å². The van der Waals surface area contributed by atoms with Crippen LogP contribution >= 0.6 is 0 Å². The summed E-state index contributed by atoms with van der Waals surface area (Å²) in [6.07, 6.45) is 1.02. The van der Waals surface area contributed by atoms with E-state index >= 15 is 0 Å². The third kappa shape index (κ3) is 5.67. The van der Waals surface area contributed by atoms with Crippen molar-refractivity contribution in [3.8, 4) is 0 Å². The number of rotatable bonds is 3. The molecular formula is C7H14N2O3. The van der Waals surface area contributed by atoms with Gasteiger partial charge in [0.1, 0.15) is 0 Å². The van der Waals surface area contributed by atoms with Gasteiger partial charge in [0.2, 0.25) is 5.91 Å². The maximum atomic E-state index is 10.8. The summed E-state index contributed by atoms with van der Waals surface area (Å²) in [4.78, 5) is 21.2. The smallest absolute Gasteiger partial charge is 0.287 e. The van der Waals surface area contributed by atoms with Crippen molar-refractivity contribution in [3.63, 3.8) is 0 Å². The second-order valence-corrected chi connectivity index (χ2v) is 2.92. The highest BCUT2D eigenvalue weighted by Gasteiger charge is 2.06. The Bertz CT molecular complexity index is 168. The van der Waals surface area contributed by atoms with E-state index in [1.165, 1.54) is 5.48 Å². The van der Waals surface area contributed by atoms with Gasteiger partial charge in [0, 0.05) is 6.42 Å². The Labute approximate surface area is 71.1 Å². The molecule has 0 unspecified atom stereocenters. The molecule has 0 aromatic heterocycles. The van der Waals surface area contributed by atoms with E-state index < -0.39 is 6.03 Å². The minimum atomic E-state index is -0.885. The van der Waals surface area contributed by atoms with Crippen LogP contribution in [0.1, 0.15) is 26.7 Å². The van der Waals surface area contributed by atoms with E-state index in [1.807, 2.05) is 19.2 Å². The molecule has 70 valence electrons. The molecule has 0 saturated heterocycles. The molecule has 0 heterocycles.